The van der Waals surface area contributed by atoms with Gasteiger partial charge in [-0.1, -0.05) is 17.7 Å². The van der Waals surface area contributed by atoms with Gasteiger partial charge in [-0.3, -0.25) is 9.59 Å². The summed E-state index contributed by atoms with van der Waals surface area (Å²) in [4.78, 5) is 30.9. The lowest BCUT2D eigenvalue weighted by Gasteiger charge is -2.17. The fourth-order valence-corrected chi connectivity index (χ4v) is 4.01. The normalized spacial score (nSPS) is 13.5. The van der Waals surface area contributed by atoms with E-state index in [9.17, 15) is 9.59 Å². The number of amides is 2. The number of benzene rings is 2. The van der Waals surface area contributed by atoms with Crippen LogP contribution in [0.25, 0.3) is 0 Å². The van der Waals surface area contributed by atoms with Crippen LogP contribution in [-0.2, 0) is 11.4 Å². The lowest BCUT2D eigenvalue weighted by molar-refractivity contribution is -0.117. The van der Waals surface area contributed by atoms with Gasteiger partial charge in [-0.05, 0) is 49.7 Å². The molecule has 1 saturated heterocycles. The summed E-state index contributed by atoms with van der Waals surface area (Å²) in [6.45, 7) is 2.96. The van der Waals surface area contributed by atoms with Crippen molar-refractivity contribution >= 4 is 46.1 Å². The number of hydrogen-bond donors (Lipinski definition) is 1. The average molecular weight is 442 g/mol. The Labute approximate surface area is 183 Å². The van der Waals surface area contributed by atoms with Crippen molar-refractivity contribution in [3.8, 4) is 5.75 Å². The lowest BCUT2D eigenvalue weighted by atomic mass is 10.2. The molecule has 6 nitrogen and oxygen atoms in total. The largest absolute Gasteiger partial charge is 0.487 e. The quantitative estimate of drug-likeness (QED) is 0.580. The van der Waals surface area contributed by atoms with Crippen LogP contribution in [0.5, 0.6) is 5.75 Å². The zero-order chi connectivity index (χ0) is 21.1. The maximum atomic E-state index is 12.8. The maximum Gasteiger partial charge on any atom is 0.255 e. The number of hydrogen-bond acceptors (Lipinski definition) is 5. The zero-order valence-corrected chi connectivity index (χ0v) is 17.9. The lowest BCUT2D eigenvalue weighted by Crippen LogP contribution is -2.23. The molecule has 154 valence electrons. The molecule has 0 spiro atoms. The molecule has 3 aromatic rings. The van der Waals surface area contributed by atoms with E-state index >= 15 is 0 Å². The summed E-state index contributed by atoms with van der Waals surface area (Å²) in [7, 11) is 0. The van der Waals surface area contributed by atoms with Gasteiger partial charge in [-0.15, -0.1) is 11.3 Å². The number of halogens is 1. The molecule has 8 heteroatoms. The standard InChI is InChI=1S/C22H20ClN3O3S/c1-14-24-16(13-30-14)12-29-18-5-2-4-15(10-18)22(28)25-20-11-17(7-8-19(20)23)26-9-3-6-21(26)27/h2,4-5,7-8,10-11,13H,3,6,9,12H2,1H3,(H,25,28). The predicted octanol–water partition coefficient (Wildman–Crippen LogP) is 5.06. The van der Waals surface area contributed by atoms with Crippen molar-refractivity contribution in [2.75, 3.05) is 16.8 Å². The number of anilines is 2. The molecule has 0 atom stereocenters. The SMILES string of the molecule is Cc1nc(COc2cccc(C(=O)Nc3cc(N4CCCC4=O)ccc3Cl)c2)cs1. The van der Waals surface area contributed by atoms with Gasteiger partial charge in [-0.25, -0.2) is 4.98 Å². The summed E-state index contributed by atoms with van der Waals surface area (Å²) in [6, 6.07) is 12.1. The molecule has 0 radical (unpaired) electrons. The van der Waals surface area contributed by atoms with Crippen LogP contribution in [0.15, 0.2) is 47.8 Å². The van der Waals surface area contributed by atoms with Crippen LogP contribution in [0.2, 0.25) is 5.02 Å². The first-order chi connectivity index (χ1) is 14.5. The van der Waals surface area contributed by atoms with Crippen LogP contribution >= 0.6 is 22.9 Å². The highest BCUT2D eigenvalue weighted by atomic mass is 35.5. The topological polar surface area (TPSA) is 71.5 Å². The van der Waals surface area contributed by atoms with E-state index in [-0.39, 0.29) is 11.8 Å². The molecule has 4 rings (SSSR count). The van der Waals surface area contributed by atoms with Gasteiger partial charge in [-0.2, -0.15) is 0 Å². The van der Waals surface area contributed by atoms with Crippen molar-refractivity contribution in [1.82, 2.24) is 4.98 Å². The zero-order valence-electron chi connectivity index (χ0n) is 16.4. The Hall–Kier alpha value is -2.90. The van der Waals surface area contributed by atoms with Gasteiger partial charge in [0, 0.05) is 29.6 Å². The number of nitrogens with one attached hydrogen (secondary N) is 1. The van der Waals surface area contributed by atoms with Crippen LogP contribution in [-0.4, -0.2) is 23.3 Å². The van der Waals surface area contributed by atoms with Crippen LogP contribution in [0.4, 0.5) is 11.4 Å². The van der Waals surface area contributed by atoms with E-state index < -0.39 is 0 Å². The number of aromatic nitrogens is 1. The van der Waals surface area contributed by atoms with Crippen LogP contribution < -0.4 is 15.0 Å². The third-order valence-electron chi connectivity index (χ3n) is 4.73. The molecule has 1 N–H and O–H groups in total. The van der Waals surface area contributed by atoms with Crippen LogP contribution in [0.1, 0.15) is 33.9 Å². The van der Waals surface area contributed by atoms with Gasteiger partial charge < -0.3 is 15.0 Å². The van der Waals surface area contributed by atoms with Crippen LogP contribution in [0, 0.1) is 6.92 Å². The minimum Gasteiger partial charge on any atom is -0.487 e. The van der Waals surface area contributed by atoms with Gasteiger partial charge in [0.25, 0.3) is 5.91 Å². The summed E-state index contributed by atoms with van der Waals surface area (Å²) in [6.07, 6.45) is 1.37. The summed E-state index contributed by atoms with van der Waals surface area (Å²) in [5.41, 5.74) is 2.49. The molecule has 1 aliphatic heterocycles. The van der Waals surface area contributed by atoms with E-state index in [1.165, 1.54) is 0 Å². The van der Waals surface area contributed by atoms with Gasteiger partial charge in [0.05, 0.1) is 21.4 Å². The second-order valence-corrected chi connectivity index (χ2v) is 8.41. The number of aryl methyl sites for hydroxylation is 1. The molecule has 30 heavy (non-hydrogen) atoms. The van der Waals surface area contributed by atoms with E-state index in [1.807, 2.05) is 12.3 Å². The maximum absolute atomic E-state index is 12.8. The summed E-state index contributed by atoms with van der Waals surface area (Å²) < 4.78 is 5.76. The number of thiazole rings is 1. The number of rotatable bonds is 6. The minimum atomic E-state index is -0.309. The highest BCUT2D eigenvalue weighted by molar-refractivity contribution is 7.09. The molecule has 1 fully saturated rings. The van der Waals surface area contributed by atoms with Crippen molar-refractivity contribution < 1.29 is 14.3 Å². The summed E-state index contributed by atoms with van der Waals surface area (Å²) in [5, 5.41) is 6.18. The third-order valence-corrected chi connectivity index (χ3v) is 5.88. The minimum absolute atomic E-state index is 0.0785. The second-order valence-electron chi connectivity index (χ2n) is 6.94. The molecule has 2 heterocycles. The van der Waals surface area contributed by atoms with Crippen molar-refractivity contribution in [2.24, 2.45) is 0 Å². The second kappa shape index (κ2) is 8.85. The monoisotopic (exact) mass is 441 g/mol. The summed E-state index contributed by atoms with van der Waals surface area (Å²) in [5.74, 6) is 0.349. The molecular formula is C22H20ClN3O3S. The fourth-order valence-electron chi connectivity index (χ4n) is 3.25. The smallest absolute Gasteiger partial charge is 0.255 e. The first kappa shape index (κ1) is 20.4. The van der Waals surface area contributed by atoms with Crippen molar-refractivity contribution in [3.63, 3.8) is 0 Å². The van der Waals surface area contributed by atoms with E-state index in [2.05, 4.69) is 10.3 Å². The van der Waals surface area contributed by atoms with Crippen molar-refractivity contribution in [1.29, 1.82) is 0 Å². The Morgan fingerprint density at radius 1 is 1.30 bits per heavy atom. The molecule has 0 bridgehead atoms. The molecule has 1 aromatic heterocycles. The molecular weight excluding hydrogens is 422 g/mol. The van der Waals surface area contributed by atoms with E-state index in [0.29, 0.717) is 41.6 Å². The molecule has 0 unspecified atom stereocenters. The molecule has 0 saturated carbocycles. The van der Waals surface area contributed by atoms with E-state index in [4.69, 9.17) is 16.3 Å². The third kappa shape index (κ3) is 4.63. The Balaban J connectivity index is 1.46. The number of ether oxygens (including phenoxy) is 1. The highest BCUT2D eigenvalue weighted by Gasteiger charge is 2.22. The Kier molecular flexibility index (Phi) is 6.01. The van der Waals surface area contributed by atoms with Crippen molar-refractivity contribution in [2.45, 2.75) is 26.4 Å². The average Bonchev–Trinajstić information content (AvgIpc) is 3.36. The van der Waals surface area contributed by atoms with Gasteiger partial charge in [0.15, 0.2) is 0 Å². The molecule has 2 aromatic carbocycles. The van der Waals surface area contributed by atoms with E-state index in [0.717, 1.165) is 22.8 Å². The Bertz CT molecular complexity index is 1100. The molecule has 0 aliphatic carbocycles. The highest BCUT2D eigenvalue weighted by Crippen LogP contribution is 2.30. The number of nitrogens with zero attached hydrogens (tertiary/aromatic N) is 2. The molecule has 2 amide bonds. The van der Waals surface area contributed by atoms with Gasteiger partial charge in [0.1, 0.15) is 12.4 Å². The summed E-state index contributed by atoms with van der Waals surface area (Å²) >= 11 is 7.84. The Morgan fingerprint density at radius 3 is 2.90 bits per heavy atom. The molecule has 1 aliphatic rings. The first-order valence-electron chi connectivity index (χ1n) is 9.55. The van der Waals surface area contributed by atoms with Gasteiger partial charge >= 0.3 is 0 Å². The van der Waals surface area contributed by atoms with E-state index in [1.54, 1.807) is 58.7 Å². The Morgan fingerprint density at radius 2 is 2.17 bits per heavy atom. The number of carbonyl (C=O) groups excluding carboxylic acids is 2. The predicted molar refractivity (Wildman–Crippen MR) is 119 cm³/mol. The van der Waals surface area contributed by atoms with Gasteiger partial charge in [0.2, 0.25) is 5.91 Å². The van der Waals surface area contributed by atoms with Crippen molar-refractivity contribution in [3.05, 3.63) is 69.1 Å². The van der Waals surface area contributed by atoms with Crippen LogP contribution in [0.3, 0.4) is 0 Å². The fraction of sp³-hybridized carbons (Fsp3) is 0.227. The first-order valence-corrected chi connectivity index (χ1v) is 10.8. The number of carbonyl (C=O) groups is 2.